The first-order valence-corrected chi connectivity index (χ1v) is 9.99. The number of nitrogens with zero attached hydrogens (tertiary/aromatic N) is 2. The molecule has 0 radical (unpaired) electrons. The number of hydrogen-bond donors (Lipinski definition) is 3. The Balaban J connectivity index is 0.00000450. The third kappa shape index (κ3) is 8.71. The molecule has 1 amide bonds. The summed E-state index contributed by atoms with van der Waals surface area (Å²) < 4.78 is 0. The van der Waals surface area contributed by atoms with Gasteiger partial charge in [-0.2, -0.15) is 0 Å². The van der Waals surface area contributed by atoms with Crippen molar-refractivity contribution in [2.75, 3.05) is 41.3 Å². The molecule has 0 aliphatic rings. The fourth-order valence-electron chi connectivity index (χ4n) is 3.10. The monoisotopic (exact) mass is 523 g/mol. The normalized spacial score (nSPS) is 12.1. The van der Waals surface area contributed by atoms with Gasteiger partial charge >= 0.3 is 0 Å². The van der Waals surface area contributed by atoms with Crippen molar-refractivity contribution in [2.24, 2.45) is 4.99 Å². The van der Waals surface area contributed by atoms with Crippen LogP contribution in [0.4, 0.5) is 0 Å². The average Bonchev–Trinajstić information content (AvgIpc) is 2.75. The molecule has 2 rings (SSSR count). The van der Waals surface area contributed by atoms with Gasteiger partial charge < -0.3 is 20.9 Å². The first-order valence-electron chi connectivity index (χ1n) is 9.99. The molecule has 0 aliphatic heterocycles. The topological polar surface area (TPSA) is 68.8 Å². The Bertz CT molecular complexity index is 795. The highest BCUT2D eigenvalue weighted by molar-refractivity contribution is 14.0. The first kappa shape index (κ1) is 25.9. The lowest BCUT2D eigenvalue weighted by molar-refractivity contribution is 0.0963. The fourth-order valence-corrected chi connectivity index (χ4v) is 3.10. The highest BCUT2D eigenvalue weighted by Gasteiger charge is 2.13. The molecule has 7 heteroatoms. The van der Waals surface area contributed by atoms with Crippen LogP contribution >= 0.6 is 24.0 Å². The Morgan fingerprint density at radius 2 is 1.73 bits per heavy atom. The van der Waals surface area contributed by atoms with Crippen molar-refractivity contribution in [1.82, 2.24) is 20.9 Å². The number of aliphatic imine (C=N–C) groups is 1. The summed E-state index contributed by atoms with van der Waals surface area (Å²) >= 11 is 0. The van der Waals surface area contributed by atoms with Gasteiger partial charge in [-0.1, -0.05) is 42.5 Å². The van der Waals surface area contributed by atoms with Crippen molar-refractivity contribution in [1.29, 1.82) is 0 Å². The number of benzene rings is 2. The molecule has 1 unspecified atom stereocenters. The first-order chi connectivity index (χ1) is 14.0. The third-order valence-electron chi connectivity index (χ3n) is 4.90. The van der Waals surface area contributed by atoms with Gasteiger partial charge in [-0.3, -0.25) is 9.79 Å². The van der Waals surface area contributed by atoms with E-state index >= 15 is 0 Å². The largest absolute Gasteiger partial charge is 0.356 e. The van der Waals surface area contributed by atoms with Crippen LogP contribution in [0.3, 0.4) is 0 Å². The quantitative estimate of drug-likeness (QED) is 0.269. The highest BCUT2D eigenvalue weighted by atomic mass is 127. The standard InChI is InChI=1S/C23H33N5O.HI/c1-24-22(29)20-12-8-11-19(15-20)13-14-26-23(25-2)27-17-21(28(3)4)16-18-9-6-5-7-10-18;/h5-12,15,21H,13-14,16-17H2,1-4H3,(H,24,29)(H2,25,26,27);1H. The van der Waals surface area contributed by atoms with Crippen LogP contribution in [0.2, 0.25) is 0 Å². The molecule has 0 heterocycles. The van der Waals surface area contributed by atoms with Crippen LogP contribution in [-0.2, 0) is 12.8 Å². The summed E-state index contributed by atoms with van der Waals surface area (Å²) in [6.45, 7) is 1.54. The van der Waals surface area contributed by atoms with Crippen molar-refractivity contribution in [2.45, 2.75) is 18.9 Å². The van der Waals surface area contributed by atoms with Crippen molar-refractivity contribution in [3.05, 3.63) is 71.3 Å². The van der Waals surface area contributed by atoms with E-state index in [2.05, 4.69) is 64.2 Å². The zero-order valence-electron chi connectivity index (χ0n) is 18.3. The second-order valence-corrected chi connectivity index (χ2v) is 7.22. The van der Waals surface area contributed by atoms with E-state index in [0.29, 0.717) is 11.6 Å². The van der Waals surface area contributed by atoms with Crippen LogP contribution < -0.4 is 16.0 Å². The molecule has 1 atom stereocenters. The van der Waals surface area contributed by atoms with E-state index in [1.54, 1.807) is 14.1 Å². The third-order valence-corrected chi connectivity index (χ3v) is 4.90. The molecule has 0 saturated heterocycles. The van der Waals surface area contributed by atoms with Gasteiger partial charge in [0.15, 0.2) is 5.96 Å². The molecule has 164 valence electrons. The molecule has 0 aliphatic carbocycles. The highest BCUT2D eigenvalue weighted by Crippen LogP contribution is 2.07. The number of likely N-dealkylation sites (N-methyl/N-ethyl adjacent to an activating group) is 1. The summed E-state index contributed by atoms with van der Waals surface area (Å²) in [4.78, 5) is 18.3. The maximum Gasteiger partial charge on any atom is 0.251 e. The maximum atomic E-state index is 11.8. The minimum atomic E-state index is -0.0644. The summed E-state index contributed by atoms with van der Waals surface area (Å²) in [5.74, 6) is 0.720. The van der Waals surface area contributed by atoms with Crippen molar-refractivity contribution in [3.63, 3.8) is 0 Å². The van der Waals surface area contributed by atoms with Crippen LogP contribution in [0.15, 0.2) is 59.6 Å². The van der Waals surface area contributed by atoms with E-state index < -0.39 is 0 Å². The predicted octanol–water partition coefficient (Wildman–Crippen LogP) is 2.54. The molecule has 2 aromatic carbocycles. The van der Waals surface area contributed by atoms with E-state index in [9.17, 15) is 4.79 Å². The lowest BCUT2D eigenvalue weighted by Gasteiger charge is -2.25. The molecule has 30 heavy (non-hydrogen) atoms. The SMILES string of the molecule is CN=C(NCCc1cccc(C(=O)NC)c1)NCC(Cc1ccccc1)N(C)C.I. The van der Waals surface area contributed by atoms with Crippen molar-refractivity contribution >= 4 is 35.8 Å². The number of halogens is 1. The average molecular weight is 523 g/mol. The van der Waals surface area contributed by atoms with Gasteiger partial charge in [0.1, 0.15) is 0 Å². The predicted molar refractivity (Wildman–Crippen MR) is 136 cm³/mol. The van der Waals surface area contributed by atoms with Gasteiger partial charge in [0.2, 0.25) is 0 Å². The molecular formula is C23H34IN5O. The van der Waals surface area contributed by atoms with Crippen LogP contribution in [0.5, 0.6) is 0 Å². The molecule has 0 aromatic heterocycles. The van der Waals surface area contributed by atoms with E-state index in [1.807, 2.05) is 30.3 Å². The van der Waals surface area contributed by atoms with Gasteiger partial charge in [-0.25, -0.2) is 0 Å². The summed E-state index contributed by atoms with van der Waals surface area (Å²) in [5.41, 5.74) is 3.12. The van der Waals surface area contributed by atoms with Gasteiger partial charge in [-0.15, -0.1) is 24.0 Å². The molecule has 0 spiro atoms. The summed E-state index contributed by atoms with van der Waals surface area (Å²) in [6.07, 6.45) is 1.79. The van der Waals surface area contributed by atoms with Gasteiger partial charge in [-0.05, 0) is 50.2 Å². The second-order valence-electron chi connectivity index (χ2n) is 7.22. The van der Waals surface area contributed by atoms with Gasteiger partial charge in [0.05, 0.1) is 0 Å². The van der Waals surface area contributed by atoms with Crippen molar-refractivity contribution in [3.8, 4) is 0 Å². The van der Waals surface area contributed by atoms with Gasteiger partial charge in [0, 0.05) is 38.8 Å². The lowest BCUT2D eigenvalue weighted by Crippen LogP contribution is -2.46. The van der Waals surface area contributed by atoms with Gasteiger partial charge in [0.25, 0.3) is 5.91 Å². The molecule has 0 bridgehead atoms. The van der Waals surface area contributed by atoms with E-state index in [-0.39, 0.29) is 29.9 Å². The van der Waals surface area contributed by atoms with E-state index in [0.717, 1.165) is 37.5 Å². The number of carbonyl (C=O) groups excluding carboxylic acids is 1. The minimum absolute atomic E-state index is 0. The number of guanidine groups is 1. The van der Waals surface area contributed by atoms with Crippen LogP contribution in [-0.4, -0.2) is 64.1 Å². The molecular weight excluding hydrogens is 489 g/mol. The van der Waals surface area contributed by atoms with Crippen LogP contribution in [0.25, 0.3) is 0 Å². The Labute approximate surface area is 197 Å². The Morgan fingerprint density at radius 3 is 2.37 bits per heavy atom. The number of nitrogens with one attached hydrogen (secondary N) is 3. The maximum absolute atomic E-state index is 11.8. The molecule has 3 N–H and O–H groups in total. The van der Waals surface area contributed by atoms with E-state index in [4.69, 9.17) is 0 Å². The molecule has 6 nitrogen and oxygen atoms in total. The molecule has 2 aromatic rings. The number of hydrogen-bond acceptors (Lipinski definition) is 3. The van der Waals surface area contributed by atoms with Crippen LogP contribution in [0, 0.1) is 0 Å². The number of amides is 1. The Hall–Kier alpha value is -2.13. The summed E-state index contributed by atoms with van der Waals surface area (Å²) in [6, 6.07) is 18.6. The van der Waals surface area contributed by atoms with E-state index in [1.165, 1.54) is 5.56 Å². The molecule has 0 saturated carbocycles. The fraction of sp³-hybridized carbons (Fsp3) is 0.391. The minimum Gasteiger partial charge on any atom is -0.356 e. The Morgan fingerprint density at radius 1 is 1.03 bits per heavy atom. The summed E-state index contributed by atoms with van der Waals surface area (Å²) in [7, 11) is 7.63. The Kier molecular flexibility index (Phi) is 12.1. The van der Waals surface area contributed by atoms with Crippen molar-refractivity contribution < 1.29 is 4.79 Å². The zero-order chi connectivity index (χ0) is 21.1. The second kappa shape index (κ2) is 14.0. The lowest BCUT2D eigenvalue weighted by atomic mass is 10.1. The summed E-state index contributed by atoms with van der Waals surface area (Å²) in [5, 5.41) is 9.45. The number of carbonyl (C=O) groups is 1. The smallest absolute Gasteiger partial charge is 0.251 e. The zero-order valence-corrected chi connectivity index (χ0v) is 20.6. The molecule has 0 fully saturated rings. The number of rotatable bonds is 9. The van der Waals surface area contributed by atoms with Crippen LogP contribution in [0.1, 0.15) is 21.5 Å².